The Bertz CT molecular complexity index is 1350. The number of pyridine rings is 1. The van der Waals surface area contributed by atoms with E-state index in [-0.39, 0.29) is 37.7 Å². The highest BCUT2D eigenvalue weighted by atomic mass is 16.7. The van der Waals surface area contributed by atoms with E-state index in [9.17, 15) is 14.4 Å². The number of nitrogens with two attached hydrogens (primary N) is 1. The number of nitrogens with one attached hydrogen (secondary N) is 2. The Morgan fingerprint density at radius 2 is 1.77 bits per heavy atom. The Labute approximate surface area is 231 Å². The van der Waals surface area contributed by atoms with E-state index >= 15 is 0 Å². The van der Waals surface area contributed by atoms with E-state index in [1.54, 1.807) is 43.3 Å². The number of benzene rings is 2. The maximum Gasteiger partial charge on any atom is 0.324 e. The van der Waals surface area contributed by atoms with Crippen LogP contribution >= 0.6 is 0 Å². The van der Waals surface area contributed by atoms with E-state index in [2.05, 4.69) is 15.6 Å². The highest BCUT2D eigenvalue weighted by Crippen LogP contribution is 2.19. The summed E-state index contributed by atoms with van der Waals surface area (Å²) >= 11 is 0. The molecular formula is C29H31N5O6. The number of ether oxygens (including phenoxy) is 3. The van der Waals surface area contributed by atoms with Crippen LogP contribution in [-0.4, -0.2) is 47.2 Å². The van der Waals surface area contributed by atoms with E-state index in [0.717, 1.165) is 5.56 Å². The molecule has 0 spiro atoms. The first-order valence-electron chi connectivity index (χ1n) is 12.8. The quantitative estimate of drug-likeness (QED) is 0.244. The van der Waals surface area contributed by atoms with Crippen LogP contribution < -0.4 is 16.4 Å². The molecule has 3 aromatic rings. The van der Waals surface area contributed by atoms with Crippen molar-refractivity contribution < 1.29 is 28.6 Å². The number of anilines is 2. The number of esters is 1. The number of aromatic nitrogens is 1. The minimum atomic E-state index is -0.570. The number of carbonyl (C=O) groups excluding carboxylic acids is 3. The molecule has 4 N–H and O–H groups in total. The minimum Gasteiger partial charge on any atom is -0.466 e. The van der Waals surface area contributed by atoms with Gasteiger partial charge in [-0.2, -0.15) is 0 Å². The summed E-state index contributed by atoms with van der Waals surface area (Å²) in [5, 5.41) is 5.41. The molecule has 0 radical (unpaired) electrons. The number of hydrogen-bond acceptors (Lipinski definition) is 8. The zero-order valence-electron chi connectivity index (χ0n) is 22.0. The summed E-state index contributed by atoms with van der Waals surface area (Å²) in [4.78, 5) is 43.4. The van der Waals surface area contributed by atoms with Gasteiger partial charge in [-0.15, -0.1) is 0 Å². The summed E-state index contributed by atoms with van der Waals surface area (Å²) in [6, 6.07) is 19.3. The SMILES string of the molecule is CCOC(=O)CCN(Cc1ccc(C(=O)Nc2ccccc2N)nc1)C(=O)NC1=COC(Cc2ccccc2)O1. The molecule has 1 atom stereocenters. The fourth-order valence-electron chi connectivity index (χ4n) is 3.86. The molecule has 0 saturated heterocycles. The normalized spacial score (nSPS) is 13.8. The Hall–Kier alpha value is -5.06. The number of urea groups is 1. The van der Waals surface area contributed by atoms with E-state index in [4.69, 9.17) is 19.9 Å². The van der Waals surface area contributed by atoms with Gasteiger partial charge >= 0.3 is 12.0 Å². The van der Waals surface area contributed by atoms with Gasteiger partial charge < -0.3 is 30.2 Å². The van der Waals surface area contributed by atoms with E-state index in [1.807, 2.05) is 30.3 Å². The second kappa shape index (κ2) is 13.7. The lowest BCUT2D eigenvalue weighted by Gasteiger charge is -2.23. The molecule has 0 bridgehead atoms. The number of amides is 3. The van der Waals surface area contributed by atoms with E-state index < -0.39 is 24.2 Å². The van der Waals surface area contributed by atoms with Crippen LogP contribution in [0.25, 0.3) is 0 Å². The van der Waals surface area contributed by atoms with Crippen molar-refractivity contribution in [2.45, 2.75) is 32.6 Å². The lowest BCUT2D eigenvalue weighted by atomic mass is 10.1. The predicted molar refractivity (Wildman–Crippen MR) is 147 cm³/mol. The smallest absolute Gasteiger partial charge is 0.324 e. The topological polar surface area (TPSA) is 145 Å². The van der Waals surface area contributed by atoms with E-state index in [0.29, 0.717) is 23.4 Å². The second-order valence-electron chi connectivity index (χ2n) is 8.86. The third kappa shape index (κ3) is 7.97. The fraction of sp³-hybridized carbons (Fsp3) is 0.241. The van der Waals surface area contributed by atoms with Gasteiger partial charge in [-0.05, 0) is 36.2 Å². The number of nitrogen functional groups attached to an aromatic ring is 1. The van der Waals surface area contributed by atoms with Crippen molar-refractivity contribution in [3.05, 3.63) is 102 Å². The van der Waals surface area contributed by atoms with Crippen molar-refractivity contribution >= 4 is 29.3 Å². The molecule has 1 aliphatic heterocycles. The maximum absolute atomic E-state index is 13.1. The molecule has 0 aliphatic carbocycles. The summed E-state index contributed by atoms with van der Waals surface area (Å²) in [5.74, 6) is -0.678. The van der Waals surface area contributed by atoms with Crippen LogP contribution in [0.1, 0.15) is 35.0 Å². The molecule has 40 heavy (non-hydrogen) atoms. The van der Waals surface area contributed by atoms with Gasteiger partial charge in [0.2, 0.25) is 12.2 Å². The molecule has 11 heteroatoms. The van der Waals surface area contributed by atoms with Crippen LogP contribution in [0.4, 0.5) is 16.2 Å². The zero-order valence-corrected chi connectivity index (χ0v) is 22.0. The number of nitrogens with zero attached hydrogens (tertiary/aromatic N) is 2. The van der Waals surface area contributed by atoms with Gasteiger partial charge in [-0.1, -0.05) is 48.5 Å². The second-order valence-corrected chi connectivity index (χ2v) is 8.86. The zero-order chi connectivity index (χ0) is 28.3. The van der Waals surface area contributed by atoms with Crippen molar-refractivity contribution in [3.8, 4) is 0 Å². The van der Waals surface area contributed by atoms with Crippen molar-refractivity contribution in [2.75, 3.05) is 24.2 Å². The minimum absolute atomic E-state index is 0.000707. The van der Waals surface area contributed by atoms with Crippen molar-refractivity contribution in [1.82, 2.24) is 15.2 Å². The Morgan fingerprint density at radius 1 is 1.00 bits per heavy atom. The van der Waals surface area contributed by atoms with Gasteiger partial charge in [-0.3, -0.25) is 19.9 Å². The van der Waals surface area contributed by atoms with Gasteiger partial charge in [0.05, 0.1) is 24.4 Å². The summed E-state index contributed by atoms with van der Waals surface area (Å²) in [7, 11) is 0. The van der Waals surface area contributed by atoms with Gasteiger partial charge in [-0.25, -0.2) is 4.79 Å². The van der Waals surface area contributed by atoms with Crippen LogP contribution in [0.5, 0.6) is 0 Å². The van der Waals surface area contributed by atoms with Gasteiger partial charge in [0, 0.05) is 25.7 Å². The molecule has 0 fully saturated rings. The van der Waals surface area contributed by atoms with Crippen molar-refractivity contribution in [1.29, 1.82) is 0 Å². The van der Waals surface area contributed by atoms with Gasteiger partial charge in [0.25, 0.3) is 5.91 Å². The first kappa shape index (κ1) is 28.0. The van der Waals surface area contributed by atoms with Crippen molar-refractivity contribution in [3.63, 3.8) is 0 Å². The Kier molecular flexibility index (Phi) is 9.54. The van der Waals surface area contributed by atoms with Crippen LogP contribution in [0, 0.1) is 0 Å². The summed E-state index contributed by atoms with van der Waals surface area (Å²) < 4.78 is 16.3. The largest absolute Gasteiger partial charge is 0.466 e. The molecule has 1 unspecified atom stereocenters. The average Bonchev–Trinajstić information content (AvgIpc) is 3.39. The molecule has 4 rings (SSSR count). The Balaban J connectivity index is 1.37. The maximum atomic E-state index is 13.1. The predicted octanol–water partition coefficient (Wildman–Crippen LogP) is 3.80. The first-order valence-corrected chi connectivity index (χ1v) is 12.8. The van der Waals surface area contributed by atoms with Crippen molar-refractivity contribution in [2.24, 2.45) is 0 Å². The number of hydrogen-bond donors (Lipinski definition) is 3. The van der Waals surface area contributed by atoms with Gasteiger partial charge in [0.15, 0.2) is 0 Å². The lowest BCUT2D eigenvalue weighted by molar-refractivity contribution is -0.143. The summed E-state index contributed by atoms with van der Waals surface area (Å²) in [6.07, 6.45) is 2.79. The molecular weight excluding hydrogens is 514 g/mol. The molecule has 11 nitrogen and oxygen atoms in total. The number of carbonyl (C=O) groups is 3. The summed E-state index contributed by atoms with van der Waals surface area (Å²) in [5.41, 5.74) is 8.67. The third-order valence-corrected chi connectivity index (χ3v) is 5.88. The molecule has 208 valence electrons. The molecule has 2 heterocycles. The molecule has 2 aromatic carbocycles. The van der Waals surface area contributed by atoms with Crippen LogP contribution in [0.3, 0.4) is 0 Å². The standard InChI is InChI=1S/C29H31N5O6/c1-2-38-26(35)14-15-34(29(37)33-25-19-39-27(40-25)16-20-8-4-3-5-9-20)18-21-12-13-24(31-17-21)28(36)32-23-11-7-6-10-22(23)30/h3-13,17,19,27H,2,14-16,18,30H2,1H3,(H,32,36)(H,33,37). The molecule has 1 aliphatic rings. The molecule has 3 amide bonds. The molecule has 0 saturated carbocycles. The van der Waals surface area contributed by atoms with Crippen LogP contribution in [0.2, 0.25) is 0 Å². The average molecular weight is 546 g/mol. The van der Waals surface area contributed by atoms with E-state index in [1.165, 1.54) is 17.4 Å². The highest BCUT2D eigenvalue weighted by Gasteiger charge is 2.24. The molecule has 1 aromatic heterocycles. The monoisotopic (exact) mass is 545 g/mol. The fourth-order valence-corrected chi connectivity index (χ4v) is 3.86. The van der Waals surface area contributed by atoms with Crippen LogP contribution in [0.15, 0.2) is 85.1 Å². The number of rotatable bonds is 11. The summed E-state index contributed by atoms with van der Waals surface area (Å²) in [6.45, 7) is 2.16. The number of para-hydroxylation sites is 2. The highest BCUT2D eigenvalue weighted by molar-refractivity contribution is 6.04. The Morgan fingerprint density at radius 3 is 2.50 bits per heavy atom. The lowest BCUT2D eigenvalue weighted by Crippen LogP contribution is -2.40. The third-order valence-electron chi connectivity index (χ3n) is 5.88. The van der Waals surface area contributed by atoms with Gasteiger partial charge in [0.1, 0.15) is 12.0 Å². The van der Waals surface area contributed by atoms with Crippen LogP contribution in [-0.2, 0) is 32.0 Å². The first-order chi connectivity index (χ1) is 19.4.